The molecule has 0 spiro atoms. The zero-order valence-electron chi connectivity index (χ0n) is 15.1. The first kappa shape index (κ1) is 16.0. The van der Waals surface area contributed by atoms with Gasteiger partial charge in [-0.2, -0.15) is 5.26 Å². The zero-order valence-corrected chi connectivity index (χ0v) is 14.1. The Balaban J connectivity index is 1.92. The highest BCUT2D eigenvalue weighted by Gasteiger charge is 2.36. The number of alkyl halides is 2. The van der Waals surface area contributed by atoms with E-state index in [2.05, 4.69) is 20.6 Å². The highest BCUT2D eigenvalue weighted by molar-refractivity contribution is 5.93. The molecule has 3 heterocycles. The maximum Gasteiger partial charge on any atom is 0.262 e. The number of hydrogen-bond acceptors (Lipinski definition) is 6. The average molecular weight is 347 g/mol. The molecule has 0 bridgehead atoms. The normalized spacial score (nSPS) is 21.0. The number of nitrogens with one attached hydrogen (secondary N) is 3. The van der Waals surface area contributed by atoms with Gasteiger partial charge in [-0.3, -0.25) is 0 Å². The van der Waals surface area contributed by atoms with E-state index in [4.69, 9.17) is 6.67 Å². The number of rotatable bonds is 4. The topological polar surface area (TPSA) is 85.7 Å². The van der Waals surface area contributed by atoms with Crippen LogP contribution >= 0.6 is 0 Å². The third kappa shape index (κ3) is 4.12. The molecule has 1 fully saturated rings. The van der Waals surface area contributed by atoms with E-state index in [0.29, 0.717) is 11.6 Å². The molecule has 2 aromatic rings. The van der Waals surface area contributed by atoms with Gasteiger partial charge in [0.15, 0.2) is 0 Å². The van der Waals surface area contributed by atoms with E-state index in [1.165, 1.54) is 0 Å². The van der Waals surface area contributed by atoms with Crippen LogP contribution in [0.4, 0.5) is 20.4 Å². The predicted octanol–water partition coefficient (Wildman–Crippen LogP) is 2.73. The van der Waals surface area contributed by atoms with Crippen molar-refractivity contribution < 1.29 is 10.2 Å². The molecule has 3 N–H and O–H groups in total. The fourth-order valence-corrected chi connectivity index (χ4v) is 2.85. The third-order valence-corrected chi connectivity index (χ3v) is 3.84. The molecule has 6 nitrogen and oxygen atoms in total. The first-order chi connectivity index (χ1) is 12.3. The minimum absolute atomic E-state index is 0.109. The molecule has 0 amide bonds. The van der Waals surface area contributed by atoms with Gasteiger partial charge in [-0.1, -0.05) is 0 Å². The number of nitriles is 1. The quantitative estimate of drug-likeness (QED) is 0.788. The molecule has 2 aromatic heterocycles. The van der Waals surface area contributed by atoms with Crippen molar-refractivity contribution in [3.63, 3.8) is 0 Å². The molecule has 0 aromatic carbocycles. The van der Waals surface area contributed by atoms with Crippen LogP contribution in [0.3, 0.4) is 0 Å². The first-order valence-corrected chi connectivity index (χ1v) is 8.11. The molecule has 25 heavy (non-hydrogen) atoms. The predicted molar refractivity (Wildman–Crippen MR) is 92.9 cm³/mol. The first-order valence-electron chi connectivity index (χ1n) is 8.56. The van der Waals surface area contributed by atoms with Crippen molar-refractivity contribution in [1.29, 1.82) is 5.26 Å². The van der Waals surface area contributed by atoms with Gasteiger partial charge in [0.25, 0.3) is 5.92 Å². The summed E-state index contributed by atoms with van der Waals surface area (Å²) in [6, 6.07) is 4.93. The summed E-state index contributed by atoms with van der Waals surface area (Å²) in [5.74, 6) is -1.91. The lowest BCUT2D eigenvalue weighted by Gasteiger charge is -2.30. The monoisotopic (exact) mass is 347 g/mol. The number of hydrogen-bond donors (Lipinski definition) is 3. The second kappa shape index (κ2) is 6.76. The molecule has 1 aliphatic rings. The Labute approximate surface area is 146 Å². The van der Waals surface area contributed by atoms with Gasteiger partial charge in [-0.15, -0.1) is 0 Å². The molecule has 132 valence electrons. The van der Waals surface area contributed by atoms with Gasteiger partial charge in [0.1, 0.15) is 24.8 Å². The molecule has 1 aliphatic heterocycles. The number of piperidine rings is 1. The maximum atomic E-state index is 13.7. The van der Waals surface area contributed by atoms with Crippen LogP contribution < -0.4 is 15.9 Å². The summed E-state index contributed by atoms with van der Waals surface area (Å²) in [5.41, 5.74) is 0.278. The number of aromatic nitrogens is 2. The lowest BCUT2D eigenvalue weighted by atomic mass is 10.0. The van der Waals surface area contributed by atoms with Gasteiger partial charge in [-0.05, 0) is 26.0 Å². The van der Waals surface area contributed by atoms with Crippen LogP contribution in [0.5, 0.6) is 0 Å². The largest absolute Gasteiger partial charge is 0.367 e. The summed E-state index contributed by atoms with van der Waals surface area (Å²) in [6.07, 6.45) is 1.25. The van der Waals surface area contributed by atoms with Crippen LogP contribution in [0.2, 0.25) is 1.41 Å². The van der Waals surface area contributed by atoms with Crippen LogP contribution in [0.25, 0.3) is 10.8 Å². The summed E-state index contributed by atoms with van der Waals surface area (Å²) in [5, 5.41) is 17.7. The lowest BCUT2D eigenvalue weighted by Crippen LogP contribution is -2.49. The summed E-state index contributed by atoms with van der Waals surface area (Å²) in [4.78, 5) is 8.57. The maximum absolute atomic E-state index is 13.7. The molecule has 8 heteroatoms. The van der Waals surface area contributed by atoms with Crippen LogP contribution in [0.15, 0.2) is 18.3 Å². The van der Waals surface area contributed by atoms with Crippen LogP contribution in [-0.2, 0) is 0 Å². The van der Waals surface area contributed by atoms with Crippen molar-refractivity contribution in [3.8, 4) is 6.07 Å². The summed E-state index contributed by atoms with van der Waals surface area (Å²) >= 11 is 0. The van der Waals surface area contributed by atoms with Crippen molar-refractivity contribution in [2.24, 2.45) is 0 Å². The summed E-state index contributed by atoms with van der Waals surface area (Å²) < 4.78 is 34.9. The summed E-state index contributed by atoms with van der Waals surface area (Å²) in [7, 11) is 0. The van der Waals surface area contributed by atoms with Gasteiger partial charge < -0.3 is 15.9 Å². The second-order valence-corrected chi connectivity index (χ2v) is 6.52. The van der Waals surface area contributed by atoms with Crippen molar-refractivity contribution in [2.75, 3.05) is 23.7 Å². The molecule has 3 rings (SSSR count). The van der Waals surface area contributed by atoms with Crippen LogP contribution in [0, 0.1) is 11.3 Å². The Bertz CT molecular complexity index is 851. The zero-order chi connectivity index (χ0) is 18.9. The number of halogens is 2. The Morgan fingerprint density at radius 1 is 1.48 bits per heavy atom. The van der Waals surface area contributed by atoms with E-state index < -0.39 is 18.5 Å². The average Bonchev–Trinajstić information content (AvgIpc) is 2.52. The van der Waals surface area contributed by atoms with E-state index in [1.54, 1.807) is 18.3 Å². The molecule has 0 aliphatic carbocycles. The standard InChI is InChI=1S/C17H20F2N6/c1-10(2)23-16-14-4-15(22-7-11(14)3-12(6-20)25-16)24-13-5-17(18,19)9-21-8-13/h3-4,7,10,13,21H,5,8-9H2,1-2H3,(H,22,24)(H,23,25)/t13-/m0/s1/i/hD. The van der Waals surface area contributed by atoms with E-state index in [1.807, 2.05) is 19.9 Å². The van der Waals surface area contributed by atoms with Gasteiger partial charge in [-0.25, -0.2) is 18.7 Å². The third-order valence-electron chi connectivity index (χ3n) is 3.84. The minimum Gasteiger partial charge on any atom is -0.367 e. The SMILES string of the molecule is [2H]N1C[C@@H](Nc2cc3c(NC(C)C)nc(C#N)cc3cn2)CC(F)(F)C1. The Morgan fingerprint density at radius 2 is 2.28 bits per heavy atom. The molecule has 0 radical (unpaired) electrons. The van der Waals surface area contributed by atoms with Crippen LogP contribution in [-0.4, -0.2) is 41.1 Å². The van der Waals surface area contributed by atoms with E-state index in [0.717, 1.165) is 16.1 Å². The van der Waals surface area contributed by atoms with Gasteiger partial charge in [0.05, 0.1) is 6.54 Å². The second-order valence-electron chi connectivity index (χ2n) is 6.52. The number of anilines is 2. The van der Waals surface area contributed by atoms with Crippen molar-refractivity contribution in [1.82, 2.24) is 15.3 Å². The molecular weight excluding hydrogens is 326 g/mol. The molecule has 0 unspecified atom stereocenters. The van der Waals surface area contributed by atoms with Crippen molar-refractivity contribution in [2.45, 2.75) is 38.3 Å². The van der Waals surface area contributed by atoms with E-state index in [-0.39, 0.29) is 24.7 Å². The highest BCUT2D eigenvalue weighted by Crippen LogP contribution is 2.27. The molecular formula is C17H20F2N6. The van der Waals surface area contributed by atoms with Gasteiger partial charge in [0.2, 0.25) is 0 Å². The molecule has 1 atom stereocenters. The van der Waals surface area contributed by atoms with Crippen molar-refractivity contribution >= 4 is 22.4 Å². The van der Waals surface area contributed by atoms with Crippen LogP contribution in [0.1, 0.15) is 26.0 Å². The summed E-state index contributed by atoms with van der Waals surface area (Å²) in [6.45, 7) is 3.55. The Morgan fingerprint density at radius 3 is 2.96 bits per heavy atom. The van der Waals surface area contributed by atoms with E-state index in [9.17, 15) is 8.78 Å². The smallest absolute Gasteiger partial charge is 0.262 e. The van der Waals surface area contributed by atoms with Gasteiger partial charge >= 0.3 is 0 Å². The highest BCUT2D eigenvalue weighted by atomic mass is 19.3. The van der Waals surface area contributed by atoms with E-state index >= 15 is 0 Å². The molecule has 0 saturated carbocycles. The number of nitrogens with zero attached hydrogens (tertiary/aromatic N) is 3. The lowest BCUT2D eigenvalue weighted by molar-refractivity contribution is -0.0244. The fraction of sp³-hybridized carbons (Fsp3) is 0.471. The number of pyridine rings is 2. The van der Waals surface area contributed by atoms with Crippen molar-refractivity contribution in [3.05, 3.63) is 24.0 Å². The van der Waals surface area contributed by atoms with Gasteiger partial charge in [0, 0.05) is 42.0 Å². The Kier molecular flexibility index (Phi) is 4.32. The fourth-order valence-electron chi connectivity index (χ4n) is 2.85. The number of fused-ring (bicyclic) bond motifs is 1. The Hall–Kier alpha value is -2.53. The molecule has 1 saturated heterocycles. The minimum atomic E-state index is -2.90.